The van der Waals surface area contributed by atoms with Crippen molar-refractivity contribution in [3.8, 4) is 5.75 Å². The number of carbonyl (C=O) groups is 1. The Morgan fingerprint density at radius 1 is 1.08 bits per heavy atom. The average molecular weight is 477 g/mol. The molecule has 2 atom stereocenters. The molecule has 1 spiro atoms. The van der Waals surface area contributed by atoms with E-state index in [-0.39, 0.29) is 11.8 Å². The van der Waals surface area contributed by atoms with E-state index in [2.05, 4.69) is 76.0 Å². The minimum absolute atomic E-state index is 0.0836. The third-order valence-electron chi connectivity index (χ3n) is 8.21. The number of aromatic nitrogens is 2. The number of ether oxygens (including phenoxy) is 1. The summed E-state index contributed by atoms with van der Waals surface area (Å²) in [6.07, 6.45) is 6.14. The Morgan fingerprint density at radius 3 is 2.89 bits per heavy atom. The molecule has 1 fully saturated rings. The van der Waals surface area contributed by atoms with Crippen LogP contribution in [0.1, 0.15) is 45.8 Å². The molecule has 1 aromatic heterocycles. The molecule has 4 aromatic rings. The molecule has 0 radical (unpaired) electrons. The number of nitrogens with one attached hydrogen (secondary N) is 2. The van der Waals surface area contributed by atoms with Crippen molar-refractivity contribution in [3.63, 3.8) is 0 Å². The summed E-state index contributed by atoms with van der Waals surface area (Å²) in [6, 6.07) is 19.0. The van der Waals surface area contributed by atoms with Crippen LogP contribution in [0.5, 0.6) is 5.75 Å². The topological polar surface area (TPSA) is 70.2 Å². The molecule has 2 aliphatic heterocycles. The summed E-state index contributed by atoms with van der Waals surface area (Å²) < 4.78 is 5.42. The van der Waals surface area contributed by atoms with Gasteiger partial charge < -0.3 is 15.0 Å². The van der Waals surface area contributed by atoms with Crippen LogP contribution in [0.25, 0.3) is 23.1 Å². The van der Waals surface area contributed by atoms with Gasteiger partial charge in [0, 0.05) is 30.1 Å². The Hall–Kier alpha value is -3.90. The van der Waals surface area contributed by atoms with E-state index in [1.165, 1.54) is 16.7 Å². The van der Waals surface area contributed by atoms with E-state index < -0.39 is 5.41 Å². The molecule has 0 saturated heterocycles. The van der Waals surface area contributed by atoms with Gasteiger partial charge in [0.05, 0.1) is 23.7 Å². The lowest BCUT2D eigenvalue weighted by Gasteiger charge is -2.25. The summed E-state index contributed by atoms with van der Waals surface area (Å²) >= 11 is 0. The fraction of sp³-hybridized carbons (Fsp3) is 0.267. The smallest absolute Gasteiger partial charge is 0.235 e. The fourth-order valence-electron chi connectivity index (χ4n) is 6.10. The van der Waals surface area contributed by atoms with E-state index in [4.69, 9.17) is 4.74 Å². The van der Waals surface area contributed by atoms with E-state index in [9.17, 15) is 4.79 Å². The van der Waals surface area contributed by atoms with Crippen LogP contribution in [0.3, 0.4) is 0 Å². The van der Waals surface area contributed by atoms with E-state index >= 15 is 0 Å². The standard InChI is InChI=1S/C30H28N4O2/c1-34-12-11-19-5-3-18(13-21(19)17-34)4-9-26-23-8-6-20(14-28(23)33-32-26)25-16-30(25)24-15-22(36-2)7-10-27(24)31-29(30)35/h3-10,13-15,25H,11-12,16-17H2,1-2H3,(H,31,35)(H,32,33)/b9-4+/t25-,30-/m0/s1. The van der Waals surface area contributed by atoms with E-state index in [0.29, 0.717) is 0 Å². The van der Waals surface area contributed by atoms with Crippen LogP contribution in [-0.4, -0.2) is 41.7 Å². The molecule has 3 aromatic carbocycles. The summed E-state index contributed by atoms with van der Waals surface area (Å²) in [7, 11) is 3.83. The Kier molecular flexibility index (Phi) is 4.63. The average Bonchev–Trinajstić information content (AvgIpc) is 3.43. The van der Waals surface area contributed by atoms with E-state index in [0.717, 1.165) is 65.1 Å². The molecule has 0 bridgehead atoms. The van der Waals surface area contributed by atoms with Gasteiger partial charge in [-0.15, -0.1) is 0 Å². The summed E-state index contributed by atoms with van der Waals surface area (Å²) in [4.78, 5) is 15.4. The predicted molar refractivity (Wildman–Crippen MR) is 142 cm³/mol. The number of amides is 1. The number of hydrogen-bond donors (Lipinski definition) is 2. The van der Waals surface area contributed by atoms with E-state index in [1.54, 1.807) is 7.11 Å². The summed E-state index contributed by atoms with van der Waals surface area (Å²) in [5.41, 5.74) is 8.57. The minimum atomic E-state index is -0.499. The minimum Gasteiger partial charge on any atom is -0.497 e. The number of anilines is 1. The van der Waals surface area contributed by atoms with Gasteiger partial charge in [0.2, 0.25) is 5.91 Å². The molecule has 7 rings (SSSR count). The predicted octanol–water partition coefficient (Wildman–Crippen LogP) is 5.11. The number of benzene rings is 3. The first-order valence-electron chi connectivity index (χ1n) is 12.5. The molecule has 2 N–H and O–H groups in total. The van der Waals surface area contributed by atoms with Gasteiger partial charge in [-0.25, -0.2) is 0 Å². The maximum atomic E-state index is 13.0. The van der Waals surface area contributed by atoms with Gasteiger partial charge >= 0.3 is 0 Å². The third kappa shape index (κ3) is 3.21. The van der Waals surface area contributed by atoms with Crippen LogP contribution in [0.2, 0.25) is 0 Å². The number of aromatic amines is 1. The third-order valence-corrected chi connectivity index (χ3v) is 8.21. The fourth-order valence-corrected chi connectivity index (χ4v) is 6.10. The monoisotopic (exact) mass is 476 g/mol. The number of methoxy groups -OCH3 is 1. The van der Waals surface area contributed by atoms with Crippen molar-refractivity contribution < 1.29 is 9.53 Å². The zero-order valence-corrected chi connectivity index (χ0v) is 20.5. The van der Waals surface area contributed by atoms with Crippen molar-refractivity contribution >= 4 is 34.6 Å². The highest BCUT2D eigenvalue weighted by Crippen LogP contribution is 2.65. The lowest BCUT2D eigenvalue weighted by molar-refractivity contribution is -0.118. The van der Waals surface area contributed by atoms with Gasteiger partial charge in [-0.2, -0.15) is 5.10 Å². The van der Waals surface area contributed by atoms with Gasteiger partial charge in [0.1, 0.15) is 5.75 Å². The van der Waals surface area contributed by atoms with Crippen molar-refractivity contribution in [1.29, 1.82) is 0 Å². The molecular weight excluding hydrogens is 448 g/mol. The maximum absolute atomic E-state index is 13.0. The van der Waals surface area contributed by atoms with Crippen LogP contribution >= 0.6 is 0 Å². The highest BCUT2D eigenvalue weighted by Gasteiger charge is 2.65. The molecule has 0 unspecified atom stereocenters. The summed E-state index contributed by atoms with van der Waals surface area (Å²) in [5, 5.41) is 11.9. The molecule has 180 valence electrons. The van der Waals surface area contributed by atoms with Crippen LogP contribution < -0.4 is 10.1 Å². The van der Waals surface area contributed by atoms with Crippen molar-refractivity contribution in [2.45, 2.75) is 30.7 Å². The second-order valence-electron chi connectivity index (χ2n) is 10.4. The van der Waals surface area contributed by atoms with Crippen molar-refractivity contribution in [3.05, 3.63) is 88.1 Å². The van der Waals surface area contributed by atoms with Crippen LogP contribution in [0.15, 0.2) is 54.6 Å². The molecule has 1 aliphatic carbocycles. The van der Waals surface area contributed by atoms with Crippen molar-refractivity contribution in [1.82, 2.24) is 15.1 Å². The zero-order valence-electron chi connectivity index (χ0n) is 20.5. The van der Waals surface area contributed by atoms with Gasteiger partial charge in [0.25, 0.3) is 0 Å². The largest absolute Gasteiger partial charge is 0.497 e. The van der Waals surface area contributed by atoms with Crippen LogP contribution in [0.4, 0.5) is 5.69 Å². The van der Waals surface area contributed by atoms with Crippen LogP contribution in [-0.2, 0) is 23.2 Å². The van der Waals surface area contributed by atoms with Crippen molar-refractivity contribution in [2.75, 3.05) is 26.0 Å². The number of H-pyrrole nitrogens is 1. The van der Waals surface area contributed by atoms with Gasteiger partial charge in [-0.3, -0.25) is 9.89 Å². The normalized spacial score (nSPS) is 22.7. The first kappa shape index (κ1) is 21.4. The molecule has 1 saturated carbocycles. The molecule has 6 nitrogen and oxygen atoms in total. The summed E-state index contributed by atoms with van der Waals surface area (Å²) in [5.74, 6) is 1.01. The Bertz CT molecular complexity index is 1570. The Balaban J connectivity index is 1.16. The highest BCUT2D eigenvalue weighted by atomic mass is 16.5. The number of carbonyl (C=O) groups excluding carboxylic acids is 1. The number of likely N-dealkylation sites (N-methyl/N-ethyl adjacent to an activating group) is 1. The quantitative estimate of drug-likeness (QED) is 0.430. The molecular formula is C30H28N4O2. The lowest BCUT2D eigenvalue weighted by atomic mass is 9.91. The number of fused-ring (bicyclic) bond motifs is 4. The van der Waals surface area contributed by atoms with Crippen molar-refractivity contribution in [2.24, 2.45) is 0 Å². The van der Waals surface area contributed by atoms with Gasteiger partial charge in [0.15, 0.2) is 0 Å². The summed E-state index contributed by atoms with van der Waals surface area (Å²) in [6.45, 7) is 2.12. The first-order chi connectivity index (χ1) is 17.5. The number of nitrogens with zero attached hydrogens (tertiary/aromatic N) is 2. The first-order valence-corrected chi connectivity index (χ1v) is 12.5. The molecule has 36 heavy (non-hydrogen) atoms. The Labute approximate surface area is 210 Å². The van der Waals surface area contributed by atoms with Gasteiger partial charge in [-0.1, -0.05) is 36.4 Å². The second-order valence-corrected chi connectivity index (χ2v) is 10.4. The van der Waals surface area contributed by atoms with Crippen LogP contribution in [0, 0.1) is 0 Å². The zero-order chi connectivity index (χ0) is 24.4. The molecule has 3 heterocycles. The molecule has 1 amide bonds. The lowest BCUT2D eigenvalue weighted by Crippen LogP contribution is -2.26. The second kappa shape index (κ2) is 7.80. The molecule has 3 aliphatic rings. The molecule has 6 heteroatoms. The Morgan fingerprint density at radius 2 is 2.00 bits per heavy atom. The van der Waals surface area contributed by atoms with Gasteiger partial charge in [-0.05, 0) is 78.0 Å². The number of rotatable bonds is 4. The SMILES string of the molecule is COc1ccc2c(c1)[C@]1(C[C@H]1c1ccc3c(/C=C/c4ccc5c(c4)CN(C)CC5)n[nH]c3c1)C(=O)N2. The maximum Gasteiger partial charge on any atom is 0.235 e. The number of hydrogen-bond acceptors (Lipinski definition) is 4. The van der Waals surface area contributed by atoms with E-state index in [1.807, 2.05) is 18.2 Å². The highest BCUT2D eigenvalue weighted by molar-refractivity contribution is 6.10.